The predicted molar refractivity (Wildman–Crippen MR) is 69.5 cm³/mol. The van der Waals surface area contributed by atoms with Gasteiger partial charge in [-0.05, 0) is 23.1 Å². The first-order valence-electron chi connectivity index (χ1n) is 5.99. The van der Waals surface area contributed by atoms with Crippen LogP contribution in [0.2, 0.25) is 0 Å². The lowest BCUT2D eigenvalue weighted by atomic mass is 9.82. The van der Waals surface area contributed by atoms with Crippen molar-refractivity contribution in [3.05, 3.63) is 71.5 Å². The minimum atomic E-state index is -0.116. The van der Waals surface area contributed by atoms with E-state index < -0.39 is 0 Å². The molecule has 1 unspecified atom stereocenters. The van der Waals surface area contributed by atoms with Gasteiger partial charge < -0.3 is 0 Å². The molecule has 0 spiro atoms. The molecule has 2 aromatic carbocycles. The smallest absolute Gasteiger partial charge is 0.127 e. The largest absolute Gasteiger partial charge is 0.207 e. The van der Waals surface area contributed by atoms with Crippen LogP contribution in [0.25, 0.3) is 0 Å². The van der Waals surface area contributed by atoms with Gasteiger partial charge in [-0.25, -0.2) is 4.39 Å². The van der Waals surface area contributed by atoms with E-state index in [1.165, 1.54) is 11.6 Å². The highest BCUT2D eigenvalue weighted by Crippen LogP contribution is 2.32. The van der Waals surface area contributed by atoms with Crippen LogP contribution < -0.4 is 0 Å². The molecule has 0 saturated heterocycles. The van der Waals surface area contributed by atoms with Gasteiger partial charge in [0.05, 0.1) is 0 Å². The molecule has 0 radical (unpaired) electrons. The topological polar surface area (TPSA) is 0 Å². The molecule has 0 bridgehead atoms. The number of hydrogen-bond donors (Lipinski definition) is 0. The molecule has 0 aromatic heterocycles. The SMILES string of the molecule is CC(C)C(c1ccccc1)c1ccccc1F. The Morgan fingerprint density at radius 1 is 0.824 bits per heavy atom. The molecule has 0 N–H and O–H groups in total. The third kappa shape index (κ3) is 2.55. The van der Waals surface area contributed by atoms with Crippen molar-refractivity contribution in [1.29, 1.82) is 0 Å². The summed E-state index contributed by atoms with van der Waals surface area (Å²) in [4.78, 5) is 0. The minimum Gasteiger partial charge on any atom is -0.207 e. The second-order valence-electron chi connectivity index (χ2n) is 4.65. The molecule has 0 fully saturated rings. The molecule has 2 rings (SSSR count). The van der Waals surface area contributed by atoms with Crippen molar-refractivity contribution in [3.63, 3.8) is 0 Å². The zero-order valence-electron chi connectivity index (χ0n) is 10.2. The van der Waals surface area contributed by atoms with E-state index >= 15 is 0 Å². The maximum absolute atomic E-state index is 13.9. The van der Waals surface area contributed by atoms with Gasteiger partial charge in [-0.15, -0.1) is 0 Å². The molecular formula is C16H17F. The van der Waals surface area contributed by atoms with Gasteiger partial charge in [0.2, 0.25) is 0 Å². The highest BCUT2D eigenvalue weighted by Gasteiger charge is 2.20. The van der Waals surface area contributed by atoms with Crippen LogP contribution in [0.4, 0.5) is 4.39 Å². The molecule has 0 amide bonds. The number of rotatable bonds is 3. The molecule has 1 atom stereocenters. The average Bonchev–Trinajstić information content (AvgIpc) is 2.33. The first-order chi connectivity index (χ1) is 8.20. The van der Waals surface area contributed by atoms with E-state index in [1.807, 2.05) is 30.3 Å². The monoisotopic (exact) mass is 228 g/mol. The first-order valence-corrected chi connectivity index (χ1v) is 5.99. The van der Waals surface area contributed by atoms with Gasteiger partial charge in [0.1, 0.15) is 5.82 Å². The highest BCUT2D eigenvalue weighted by molar-refractivity contribution is 5.33. The summed E-state index contributed by atoms with van der Waals surface area (Å²) in [5, 5.41) is 0. The van der Waals surface area contributed by atoms with Crippen LogP contribution in [0.15, 0.2) is 54.6 Å². The molecule has 88 valence electrons. The van der Waals surface area contributed by atoms with E-state index in [4.69, 9.17) is 0 Å². The van der Waals surface area contributed by atoms with E-state index in [9.17, 15) is 4.39 Å². The van der Waals surface area contributed by atoms with Gasteiger partial charge in [0.25, 0.3) is 0 Å². The summed E-state index contributed by atoms with van der Waals surface area (Å²) >= 11 is 0. The Morgan fingerprint density at radius 3 is 2.00 bits per heavy atom. The van der Waals surface area contributed by atoms with Crippen molar-refractivity contribution in [1.82, 2.24) is 0 Å². The first kappa shape index (κ1) is 11.8. The Balaban J connectivity index is 2.47. The van der Waals surface area contributed by atoms with Gasteiger partial charge >= 0.3 is 0 Å². The maximum Gasteiger partial charge on any atom is 0.127 e. The van der Waals surface area contributed by atoms with Crippen molar-refractivity contribution in [2.24, 2.45) is 5.92 Å². The standard InChI is InChI=1S/C16H17F/c1-12(2)16(13-8-4-3-5-9-13)14-10-6-7-11-15(14)17/h3-12,16H,1-2H3. The molecular weight excluding hydrogens is 211 g/mol. The molecule has 0 aliphatic heterocycles. The summed E-state index contributed by atoms with van der Waals surface area (Å²) in [6.07, 6.45) is 0. The van der Waals surface area contributed by atoms with Gasteiger partial charge in [-0.3, -0.25) is 0 Å². The fourth-order valence-electron chi connectivity index (χ4n) is 2.31. The van der Waals surface area contributed by atoms with E-state index in [2.05, 4.69) is 26.0 Å². The molecule has 17 heavy (non-hydrogen) atoms. The Hall–Kier alpha value is -1.63. The second-order valence-corrected chi connectivity index (χ2v) is 4.65. The van der Waals surface area contributed by atoms with E-state index in [1.54, 1.807) is 6.07 Å². The van der Waals surface area contributed by atoms with E-state index in [0.29, 0.717) is 5.92 Å². The van der Waals surface area contributed by atoms with Gasteiger partial charge in [-0.2, -0.15) is 0 Å². The lowest BCUT2D eigenvalue weighted by Gasteiger charge is -2.22. The Morgan fingerprint density at radius 2 is 1.41 bits per heavy atom. The minimum absolute atomic E-state index is 0.116. The van der Waals surface area contributed by atoms with Gasteiger partial charge in [-0.1, -0.05) is 62.4 Å². The lowest BCUT2D eigenvalue weighted by molar-refractivity contribution is 0.523. The Bertz CT molecular complexity index is 474. The molecule has 0 aliphatic carbocycles. The number of benzene rings is 2. The third-order valence-corrected chi connectivity index (χ3v) is 3.07. The van der Waals surface area contributed by atoms with Gasteiger partial charge in [0, 0.05) is 5.92 Å². The molecule has 1 heteroatoms. The molecule has 0 saturated carbocycles. The zero-order chi connectivity index (χ0) is 12.3. The van der Waals surface area contributed by atoms with Crippen LogP contribution in [0.1, 0.15) is 30.9 Å². The Labute approximate surface area is 102 Å². The predicted octanol–water partition coefficient (Wildman–Crippen LogP) is 4.61. The summed E-state index contributed by atoms with van der Waals surface area (Å²) < 4.78 is 13.9. The number of hydrogen-bond acceptors (Lipinski definition) is 0. The third-order valence-electron chi connectivity index (χ3n) is 3.07. The molecule has 0 aliphatic rings. The van der Waals surface area contributed by atoms with Crippen molar-refractivity contribution >= 4 is 0 Å². The van der Waals surface area contributed by atoms with E-state index in [-0.39, 0.29) is 11.7 Å². The summed E-state index contributed by atoms with van der Waals surface area (Å²) in [6.45, 7) is 4.26. The van der Waals surface area contributed by atoms with Crippen LogP contribution in [-0.4, -0.2) is 0 Å². The number of halogens is 1. The quantitative estimate of drug-likeness (QED) is 0.719. The fraction of sp³-hybridized carbons (Fsp3) is 0.250. The molecule has 2 aromatic rings. The van der Waals surface area contributed by atoms with Crippen molar-refractivity contribution in [2.45, 2.75) is 19.8 Å². The highest BCUT2D eigenvalue weighted by atomic mass is 19.1. The Kier molecular flexibility index (Phi) is 3.58. The average molecular weight is 228 g/mol. The second kappa shape index (κ2) is 5.13. The van der Waals surface area contributed by atoms with Crippen LogP contribution in [0.3, 0.4) is 0 Å². The summed E-state index contributed by atoms with van der Waals surface area (Å²) in [5.74, 6) is 0.377. The van der Waals surface area contributed by atoms with Crippen LogP contribution in [-0.2, 0) is 0 Å². The molecule has 0 nitrogen and oxygen atoms in total. The zero-order valence-corrected chi connectivity index (χ0v) is 10.2. The van der Waals surface area contributed by atoms with Crippen molar-refractivity contribution in [3.8, 4) is 0 Å². The summed E-state index contributed by atoms with van der Waals surface area (Å²) in [5.41, 5.74) is 1.96. The summed E-state index contributed by atoms with van der Waals surface area (Å²) in [6, 6.07) is 17.2. The van der Waals surface area contributed by atoms with Gasteiger partial charge in [0.15, 0.2) is 0 Å². The maximum atomic E-state index is 13.9. The van der Waals surface area contributed by atoms with Crippen LogP contribution in [0, 0.1) is 11.7 Å². The van der Waals surface area contributed by atoms with Crippen molar-refractivity contribution in [2.75, 3.05) is 0 Å². The normalized spacial score (nSPS) is 12.7. The van der Waals surface area contributed by atoms with Crippen LogP contribution >= 0.6 is 0 Å². The van der Waals surface area contributed by atoms with Crippen molar-refractivity contribution < 1.29 is 4.39 Å². The molecule has 0 heterocycles. The summed E-state index contributed by atoms with van der Waals surface area (Å²) in [7, 11) is 0. The lowest BCUT2D eigenvalue weighted by Crippen LogP contribution is -2.10. The van der Waals surface area contributed by atoms with E-state index in [0.717, 1.165) is 5.56 Å². The fourth-order valence-corrected chi connectivity index (χ4v) is 2.31. The van der Waals surface area contributed by atoms with Crippen LogP contribution in [0.5, 0.6) is 0 Å².